The molecule has 2 saturated carbocycles. The average Bonchev–Trinajstić information content (AvgIpc) is 2.84. The Balaban J connectivity index is 1.47. The largest absolute Gasteiger partial charge is 0.456 e. The molecule has 0 saturated heterocycles. The third-order valence-electron chi connectivity index (χ3n) is 7.20. The van der Waals surface area contributed by atoms with E-state index in [2.05, 4.69) is 10.8 Å². The predicted octanol–water partition coefficient (Wildman–Crippen LogP) is 9.24. The highest BCUT2D eigenvalue weighted by Gasteiger charge is 2.48. The zero-order valence-corrected chi connectivity index (χ0v) is 20.7. The van der Waals surface area contributed by atoms with E-state index in [0.29, 0.717) is 24.8 Å². The molecule has 10 heteroatoms. The predicted molar refractivity (Wildman–Crippen MR) is 124 cm³/mol. The summed E-state index contributed by atoms with van der Waals surface area (Å²) in [6.45, 7) is 1.95. The molecule has 208 valence electrons. The first-order valence-electron chi connectivity index (χ1n) is 12.7. The molecule has 0 radical (unpaired) electrons. The van der Waals surface area contributed by atoms with Gasteiger partial charge < -0.3 is 14.2 Å². The summed E-state index contributed by atoms with van der Waals surface area (Å²) in [6, 6.07) is 2.47. The van der Waals surface area contributed by atoms with Crippen LogP contribution in [0.2, 0.25) is 0 Å². The van der Waals surface area contributed by atoms with Crippen LogP contribution in [0.15, 0.2) is 42.7 Å². The van der Waals surface area contributed by atoms with Crippen LogP contribution in [0.25, 0.3) is 0 Å². The third-order valence-corrected chi connectivity index (χ3v) is 7.20. The fourth-order valence-corrected chi connectivity index (χ4v) is 5.11. The van der Waals surface area contributed by atoms with Gasteiger partial charge in [-0.3, -0.25) is 0 Å². The second kappa shape index (κ2) is 13.0. The highest BCUT2D eigenvalue weighted by molar-refractivity contribution is 5.33. The minimum Gasteiger partial charge on any atom is -0.456 e. The quantitative estimate of drug-likeness (QED) is 0.160. The maximum atomic E-state index is 14.8. The van der Waals surface area contributed by atoms with Gasteiger partial charge in [0.2, 0.25) is 0 Å². The highest BCUT2D eigenvalue weighted by atomic mass is 19.3. The van der Waals surface area contributed by atoms with Crippen LogP contribution < -0.4 is 9.47 Å². The molecule has 3 nitrogen and oxygen atoms in total. The van der Waals surface area contributed by atoms with Crippen LogP contribution in [-0.2, 0) is 4.74 Å². The van der Waals surface area contributed by atoms with Crippen molar-refractivity contribution < 1.29 is 44.9 Å². The summed E-state index contributed by atoms with van der Waals surface area (Å²) < 4.78 is 111. The number of rotatable bonds is 11. The molecule has 2 aliphatic rings. The first-order chi connectivity index (χ1) is 17.5. The van der Waals surface area contributed by atoms with E-state index >= 15 is 0 Å². The first kappa shape index (κ1) is 29.3. The minimum absolute atomic E-state index is 0.0229. The van der Waals surface area contributed by atoms with Gasteiger partial charge in [-0.15, -0.1) is 0 Å². The van der Waals surface area contributed by atoms with Crippen LogP contribution in [0, 0.1) is 23.6 Å². The van der Waals surface area contributed by atoms with Gasteiger partial charge in [-0.2, -0.15) is 26.3 Å². The van der Waals surface area contributed by atoms with Crippen molar-refractivity contribution in [3.63, 3.8) is 0 Å². The topological polar surface area (TPSA) is 27.7 Å². The molecule has 0 atom stereocenters. The van der Waals surface area contributed by atoms with E-state index in [-0.39, 0.29) is 31.9 Å². The van der Waals surface area contributed by atoms with Gasteiger partial charge in [0.15, 0.2) is 17.8 Å². The van der Waals surface area contributed by atoms with Gasteiger partial charge in [-0.25, -0.2) is 4.39 Å². The van der Waals surface area contributed by atoms with Crippen molar-refractivity contribution in [3.8, 4) is 11.5 Å². The van der Waals surface area contributed by atoms with Gasteiger partial charge in [0, 0.05) is 6.07 Å². The average molecular weight is 539 g/mol. The smallest absolute Gasteiger partial charge is 0.400 e. The number of ether oxygens (including phenoxy) is 3. The van der Waals surface area contributed by atoms with Crippen LogP contribution in [-0.4, -0.2) is 18.3 Å². The van der Waals surface area contributed by atoms with Gasteiger partial charge in [0.25, 0.3) is 0 Å². The molecule has 0 bridgehead atoms. The van der Waals surface area contributed by atoms with Crippen molar-refractivity contribution in [2.75, 3.05) is 0 Å². The third kappa shape index (κ3) is 8.65. The molecule has 1 aromatic carbocycles. The Labute approximate surface area is 212 Å². The van der Waals surface area contributed by atoms with Crippen molar-refractivity contribution in [1.29, 1.82) is 0 Å². The Morgan fingerprint density at radius 2 is 1.54 bits per heavy atom. The summed E-state index contributed by atoms with van der Waals surface area (Å²) in [7, 11) is 0. The lowest BCUT2D eigenvalue weighted by Crippen LogP contribution is -2.42. The lowest BCUT2D eigenvalue weighted by atomic mass is 9.79. The van der Waals surface area contributed by atoms with Crippen molar-refractivity contribution in [1.82, 2.24) is 0 Å². The van der Waals surface area contributed by atoms with Gasteiger partial charge in [-0.1, -0.05) is 12.2 Å². The Kier molecular flexibility index (Phi) is 10.3. The number of benzene rings is 1. The Bertz CT molecular complexity index is 915. The zero-order chi connectivity index (χ0) is 27.1. The molecule has 1 aromatic rings. The SMILES string of the molecule is CC=CCCC1CCC(C(F)(F)OC2CCC(C(F)(F)Oc3ccc(OC=C(F)F)c(F)c3)CC2)CC1. The summed E-state index contributed by atoms with van der Waals surface area (Å²) in [5.41, 5.74) is 0. The Morgan fingerprint density at radius 3 is 2.14 bits per heavy atom. The van der Waals surface area contributed by atoms with E-state index in [1.165, 1.54) is 0 Å². The van der Waals surface area contributed by atoms with E-state index in [1.54, 1.807) is 0 Å². The molecular weight excluding hydrogens is 505 g/mol. The summed E-state index contributed by atoms with van der Waals surface area (Å²) in [6.07, 6.45) is -1.89. The Morgan fingerprint density at radius 1 is 0.919 bits per heavy atom. The molecule has 0 aromatic heterocycles. The van der Waals surface area contributed by atoms with Gasteiger partial charge in [-0.05, 0) is 89.2 Å². The monoisotopic (exact) mass is 538 g/mol. The standard InChI is InChI=1S/C27H33F7O3/c1-2-3-4-5-18-6-8-19(9-7-18)26(31,32)36-21-12-10-20(11-13-21)27(33,34)37-22-14-15-24(23(28)16-22)35-17-25(29)30/h2-3,14-21H,4-13H2,1H3. The highest BCUT2D eigenvalue weighted by Crippen LogP contribution is 2.44. The van der Waals surface area contributed by atoms with E-state index in [0.717, 1.165) is 37.8 Å². The first-order valence-corrected chi connectivity index (χ1v) is 12.7. The number of allylic oxidation sites excluding steroid dienone is 2. The second-order valence-electron chi connectivity index (χ2n) is 9.80. The lowest BCUT2D eigenvalue weighted by molar-refractivity contribution is -0.306. The molecular formula is C27H33F7O3. The van der Waals surface area contributed by atoms with Crippen LogP contribution in [0.1, 0.15) is 71.1 Å². The normalized spacial score (nSPS) is 25.2. The Hall–Kier alpha value is -2.23. The van der Waals surface area contributed by atoms with E-state index in [4.69, 9.17) is 9.47 Å². The molecule has 0 N–H and O–H groups in total. The number of alkyl halides is 4. The maximum Gasteiger partial charge on any atom is 0.400 e. The van der Waals surface area contributed by atoms with E-state index in [1.807, 2.05) is 13.0 Å². The summed E-state index contributed by atoms with van der Waals surface area (Å²) in [5.74, 6) is -3.94. The summed E-state index contributed by atoms with van der Waals surface area (Å²) >= 11 is 0. The van der Waals surface area contributed by atoms with Gasteiger partial charge >= 0.3 is 18.3 Å². The molecule has 3 rings (SSSR count). The molecule has 2 aliphatic carbocycles. The molecule has 37 heavy (non-hydrogen) atoms. The maximum absolute atomic E-state index is 14.8. The number of hydrogen-bond acceptors (Lipinski definition) is 3. The van der Waals surface area contributed by atoms with Crippen molar-refractivity contribution in [3.05, 3.63) is 48.5 Å². The van der Waals surface area contributed by atoms with Crippen LogP contribution in [0.3, 0.4) is 0 Å². The van der Waals surface area contributed by atoms with Crippen LogP contribution in [0.4, 0.5) is 30.7 Å². The second-order valence-corrected chi connectivity index (χ2v) is 9.80. The fraction of sp³-hybridized carbons (Fsp3) is 0.630. The van der Waals surface area contributed by atoms with Crippen LogP contribution in [0.5, 0.6) is 11.5 Å². The molecule has 0 unspecified atom stereocenters. The molecule has 0 spiro atoms. The lowest BCUT2D eigenvalue weighted by Gasteiger charge is -2.38. The molecule has 0 amide bonds. The van der Waals surface area contributed by atoms with Crippen molar-refractivity contribution >= 4 is 0 Å². The van der Waals surface area contributed by atoms with E-state index in [9.17, 15) is 30.7 Å². The van der Waals surface area contributed by atoms with Gasteiger partial charge in [0.05, 0.1) is 17.9 Å². The molecule has 0 heterocycles. The summed E-state index contributed by atoms with van der Waals surface area (Å²) in [5, 5.41) is 0. The fourth-order valence-electron chi connectivity index (χ4n) is 5.11. The van der Waals surface area contributed by atoms with Crippen molar-refractivity contribution in [2.45, 2.75) is 89.5 Å². The van der Waals surface area contributed by atoms with E-state index < -0.39 is 53.6 Å². The minimum atomic E-state index is -3.68. The molecule has 0 aliphatic heterocycles. The molecule has 2 fully saturated rings. The zero-order valence-electron chi connectivity index (χ0n) is 20.7. The number of halogens is 7. The summed E-state index contributed by atoms with van der Waals surface area (Å²) in [4.78, 5) is 0. The number of hydrogen-bond donors (Lipinski definition) is 0. The van der Waals surface area contributed by atoms with Crippen LogP contribution >= 0.6 is 0 Å². The van der Waals surface area contributed by atoms with Crippen molar-refractivity contribution in [2.24, 2.45) is 17.8 Å². The van der Waals surface area contributed by atoms with Gasteiger partial charge in [0.1, 0.15) is 5.75 Å².